The normalized spacial score (nSPS) is 12.0. The first-order valence-corrected chi connectivity index (χ1v) is 11.9. The molecular weight excluding hydrogens is 440 g/mol. The molecule has 0 aromatic heterocycles. The monoisotopic (exact) mass is 472 g/mol. The number of esters is 3. The summed E-state index contributed by atoms with van der Waals surface area (Å²) in [6.07, 6.45) is 1.72. The summed E-state index contributed by atoms with van der Waals surface area (Å²) in [7, 11) is 0. The molecule has 1 unspecified atom stereocenters. The molecule has 3 rings (SSSR count). The van der Waals surface area contributed by atoms with Crippen LogP contribution in [0.3, 0.4) is 0 Å². The van der Waals surface area contributed by atoms with Gasteiger partial charge in [0.25, 0.3) is 0 Å². The minimum Gasteiger partial charge on any atom is -0.442 e. The predicted molar refractivity (Wildman–Crippen MR) is 135 cm³/mol. The maximum absolute atomic E-state index is 13.0. The van der Waals surface area contributed by atoms with Crippen LogP contribution in [0.15, 0.2) is 78.9 Å². The molecule has 0 heterocycles. The Morgan fingerprint density at radius 3 is 1.91 bits per heavy atom. The summed E-state index contributed by atoms with van der Waals surface area (Å²) >= 11 is 0. The largest absolute Gasteiger partial charge is 0.442 e. The molecule has 0 fully saturated rings. The lowest BCUT2D eigenvalue weighted by atomic mass is 9.87. The summed E-state index contributed by atoms with van der Waals surface area (Å²) < 4.78 is 10.7. The molecule has 0 N–H and O–H groups in total. The van der Waals surface area contributed by atoms with Gasteiger partial charge in [0.15, 0.2) is 0 Å². The van der Waals surface area contributed by atoms with Crippen molar-refractivity contribution in [2.24, 2.45) is 0 Å². The van der Waals surface area contributed by atoms with Gasteiger partial charge in [-0.2, -0.15) is 0 Å². The lowest BCUT2D eigenvalue weighted by Gasteiger charge is -2.19. The molecule has 5 nitrogen and oxygen atoms in total. The van der Waals surface area contributed by atoms with Gasteiger partial charge in [0.05, 0.1) is 11.1 Å². The Labute approximate surface area is 207 Å². The third kappa shape index (κ3) is 7.12. The molecule has 0 radical (unpaired) electrons. The zero-order valence-corrected chi connectivity index (χ0v) is 20.7. The standard InChI is InChI=1S/C30H32O5/c1-5-6-10-21-13-15-23(16-14-21)27(31)34-26(22-11-8-7-9-12-22)29(33)35-28(32)24-17-19-25(20-18-24)30(2,3)4/h7-9,11-20,26H,5-6,10H2,1-4H3. The molecule has 0 amide bonds. The second-order valence-corrected chi connectivity index (χ2v) is 9.53. The van der Waals surface area contributed by atoms with Crippen LogP contribution in [0.5, 0.6) is 0 Å². The van der Waals surface area contributed by atoms with Crippen molar-refractivity contribution >= 4 is 17.9 Å². The summed E-state index contributed by atoms with van der Waals surface area (Å²) in [6.45, 7) is 8.34. The third-order valence-electron chi connectivity index (χ3n) is 5.73. The Kier molecular flexibility index (Phi) is 8.58. The first kappa shape index (κ1) is 25.9. The summed E-state index contributed by atoms with van der Waals surface area (Å²) in [5.74, 6) is -2.42. The number of benzene rings is 3. The number of rotatable bonds is 8. The van der Waals surface area contributed by atoms with Crippen LogP contribution < -0.4 is 0 Å². The number of hydrogen-bond donors (Lipinski definition) is 0. The Morgan fingerprint density at radius 2 is 1.34 bits per heavy atom. The minimum atomic E-state index is -1.37. The van der Waals surface area contributed by atoms with Crippen LogP contribution in [0.2, 0.25) is 0 Å². The van der Waals surface area contributed by atoms with E-state index in [1.54, 1.807) is 54.6 Å². The first-order chi connectivity index (χ1) is 16.7. The van der Waals surface area contributed by atoms with Gasteiger partial charge in [0.2, 0.25) is 6.10 Å². The van der Waals surface area contributed by atoms with E-state index in [0.29, 0.717) is 11.1 Å². The average molecular weight is 473 g/mol. The summed E-state index contributed by atoms with van der Waals surface area (Å²) in [5.41, 5.74) is 3.10. The van der Waals surface area contributed by atoms with Crippen molar-refractivity contribution in [3.8, 4) is 0 Å². The number of unbranched alkanes of at least 4 members (excludes halogenated alkanes) is 1. The third-order valence-corrected chi connectivity index (χ3v) is 5.73. The lowest BCUT2D eigenvalue weighted by Crippen LogP contribution is -2.24. The molecule has 3 aromatic carbocycles. The maximum Gasteiger partial charge on any atom is 0.360 e. The van der Waals surface area contributed by atoms with Gasteiger partial charge in [-0.05, 0) is 53.6 Å². The van der Waals surface area contributed by atoms with Crippen molar-refractivity contribution < 1.29 is 23.9 Å². The lowest BCUT2D eigenvalue weighted by molar-refractivity contribution is -0.148. The highest BCUT2D eigenvalue weighted by Crippen LogP contribution is 2.24. The first-order valence-electron chi connectivity index (χ1n) is 11.9. The highest BCUT2D eigenvalue weighted by molar-refractivity contribution is 5.99. The predicted octanol–water partition coefficient (Wildman–Crippen LogP) is 6.61. The highest BCUT2D eigenvalue weighted by atomic mass is 16.6. The van der Waals surface area contributed by atoms with Crippen LogP contribution in [0, 0.1) is 0 Å². The summed E-state index contributed by atoms with van der Waals surface area (Å²) in [5, 5.41) is 0. The molecular formula is C30H32O5. The van der Waals surface area contributed by atoms with Gasteiger partial charge in [-0.3, -0.25) is 0 Å². The van der Waals surface area contributed by atoms with Gasteiger partial charge in [-0.25, -0.2) is 14.4 Å². The van der Waals surface area contributed by atoms with E-state index in [1.807, 2.05) is 24.3 Å². The number of carbonyl (C=O) groups is 3. The van der Waals surface area contributed by atoms with E-state index in [4.69, 9.17) is 9.47 Å². The second-order valence-electron chi connectivity index (χ2n) is 9.53. The molecule has 35 heavy (non-hydrogen) atoms. The van der Waals surface area contributed by atoms with Crippen LogP contribution >= 0.6 is 0 Å². The van der Waals surface area contributed by atoms with Crippen molar-refractivity contribution in [3.05, 3.63) is 107 Å². The van der Waals surface area contributed by atoms with E-state index < -0.39 is 24.0 Å². The van der Waals surface area contributed by atoms with E-state index >= 15 is 0 Å². The van der Waals surface area contributed by atoms with Crippen LogP contribution in [-0.4, -0.2) is 17.9 Å². The van der Waals surface area contributed by atoms with Crippen molar-refractivity contribution in [2.45, 2.75) is 58.5 Å². The number of ether oxygens (including phenoxy) is 2. The summed E-state index contributed by atoms with van der Waals surface area (Å²) in [6, 6.07) is 22.6. The topological polar surface area (TPSA) is 69.7 Å². The van der Waals surface area contributed by atoms with Crippen LogP contribution in [0.4, 0.5) is 0 Å². The molecule has 1 atom stereocenters. The molecule has 5 heteroatoms. The fraction of sp³-hybridized carbons (Fsp3) is 0.300. The van der Waals surface area contributed by atoms with E-state index in [9.17, 15) is 14.4 Å². The fourth-order valence-corrected chi connectivity index (χ4v) is 3.55. The van der Waals surface area contributed by atoms with E-state index in [0.717, 1.165) is 30.4 Å². The molecule has 0 bridgehead atoms. The molecule has 0 aliphatic carbocycles. The molecule has 0 aliphatic heterocycles. The zero-order valence-electron chi connectivity index (χ0n) is 20.7. The van der Waals surface area contributed by atoms with Gasteiger partial charge in [-0.15, -0.1) is 0 Å². The van der Waals surface area contributed by atoms with Crippen molar-refractivity contribution in [2.75, 3.05) is 0 Å². The quantitative estimate of drug-likeness (QED) is 0.273. The fourth-order valence-electron chi connectivity index (χ4n) is 3.55. The molecule has 3 aromatic rings. The Bertz CT molecular complexity index is 1140. The van der Waals surface area contributed by atoms with Gasteiger partial charge in [0, 0.05) is 5.56 Å². The highest BCUT2D eigenvalue weighted by Gasteiger charge is 2.29. The van der Waals surface area contributed by atoms with Crippen molar-refractivity contribution in [3.63, 3.8) is 0 Å². The van der Waals surface area contributed by atoms with Crippen LogP contribution in [0.25, 0.3) is 0 Å². The molecule has 0 saturated heterocycles. The Hall–Kier alpha value is -3.73. The van der Waals surface area contributed by atoms with Crippen LogP contribution in [0.1, 0.15) is 84.0 Å². The Morgan fingerprint density at radius 1 is 0.771 bits per heavy atom. The van der Waals surface area contributed by atoms with Gasteiger partial charge >= 0.3 is 17.9 Å². The van der Waals surface area contributed by atoms with E-state index in [2.05, 4.69) is 27.7 Å². The van der Waals surface area contributed by atoms with Crippen molar-refractivity contribution in [1.82, 2.24) is 0 Å². The molecule has 182 valence electrons. The summed E-state index contributed by atoms with van der Waals surface area (Å²) in [4.78, 5) is 38.5. The number of carbonyl (C=O) groups excluding carboxylic acids is 3. The molecule has 0 spiro atoms. The van der Waals surface area contributed by atoms with Gasteiger partial charge in [-0.1, -0.05) is 88.7 Å². The minimum absolute atomic E-state index is 0.0704. The van der Waals surface area contributed by atoms with Crippen LogP contribution in [-0.2, 0) is 26.1 Å². The van der Waals surface area contributed by atoms with E-state index in [-0.39, 0.29) is 11.0 Å². The van der Waals surface area contributed by atoms with Crippen molar-refractivity contribution in [1.29, 1.82) is 0 Å². The SMILES string of the molecule is CCCCc1ccc(C(=O)OC(C(=O)OC(=O)c2ccc(C(C)(C)C)cc2)c2ccccc2)cc1. The number of hydrogen-bond acceptors (Lipinski definition) is 5. The van der Waals surface area contributed by atoms with E-state index in [1.165, 1.54) is 0 Å². The zero-order chi connectivity index (χ0) is 25.4. The Balaban J connectivity index is 1.75. The van der Waals surface area contributed by atoms with Gasteiger partial charge < -0.3 is 9.47 Å². The van der Waals surface area contributed by atoms with Gasteiger partial charge in [0.1, 0.15) is 0 Å². The number of aryl methyl sites for hydroxylation is 1. The average Bonchev–Trinajstić information content (AvgIpc) is 2.86. The molecule has 0 saturated carbocycles. The second kappa shape index (κ2) is 11.6. The maximum atomic E-state index is 13.0. The smallest absolute Gasteiger partial charge is 0.360 e. The molecule has 0 aliphatic rings.